The molecule has 1 unspecified atom stereocenters. The van der Waals surface area contributed by atoms with Crippen molar-refractivity contribution in [3.05, 3.63) is 5.28 Å². The van der Waals surface area contributed by atoms with Crippen LogP contribution < -0.4 is 9.80 Å². The third kappa shape index (κ3) is 3.37. The van der Waals surface area contributed by atoms with Gasteiger partial charge in [0.2, 0.25) is 17.2 Å². The predicted octanol–water partition coefficient (Wildman–Crippen LogP) is 1.87. The van der Waals surface area contributed by atoms with Crippen molar-refractivity contribution in [1.29, 1.82) is 0 Å². The topological polar surface area (TPSA) is 65.4 Å². The Bertz CT molecular complexity index is 480. The molecule has 2 aliphatic rings. The van der Waals surface area contributed by atoms with E-state index in [0.717, 1.165) is 45.3 Å². The summed E-state index contributed by atoms with van der Waals surface area (Å²) in [5.74, 6) is 1.40. The van der Waals surface area contributed by atoms with Crippen LogP contribution in [0.2, 0.25) is 5.28 Å². The van der Waals surface area contributed by atoms with E-state index in [-0.39, 0.29) is 11.9 Å². The predicted molar refractivity (Wildman–Crippen MR) is 83.0 cm³/mol. The lowest BCUT2D eigenvalue weighted by atomic mass is 10.1. The summed E-state index contributed by atoms with van der Waals surface area (Å²) in [6.07, 6.45) is 6.42. The third-order valence-electron chi connectivity index (χ3n) is 4.30. The van der Waals surface area contributed by atoms with Gasteiger partial charge < -0.3 is 14.9 Å². The van der Waals surface area contributed by atoms with E-state index in [1.54, 1.807) is 0 Å². The summed E-state index contributed by atoms with van der Waals surface area (Å²) in [5, 5.41) is 9.30. The molecule has 3 heterocycles. The van der Waals surface area contributed by atoms with Crippen LogP contribution in [0.1, 0.15) is 38.5 Å². The fraction of sp³-hybridized carbons (Fsp3) is 0.786. The summed E-state index contributed by atoms with van der Waals surface area (Å²) >= 11 is 6.10. The molecule has 0 spiro atoms. The zero-order chi connectivity index (χ0) is 14.7. The molecular weight excluding hydrogens is 290 g/mol. The number of hydrogen-bond acceptors (Lipinski definition) is 6. The van der Waals surface area contributed by atoms with Crippen LogP contribution in [-0.2, 0) is 0 Å². The van der Waals surface area contributed by atoms with E-state index in [0.29, 0.717) is 17.9 Å². The highest BCUT2D eigenvalue weighted by Gasteiger charge is 2.28. The highest BCUT2D eigenvalue weighted by atomic mass is 35.5. The van der Waals surface area contributed by atoms with Crippen LogP contribution in [0.4, 0.5) is 11.9 Å². The average Bonchev–Trinajstić information content (AvgIpc) is 3.15. The van der Waals surface area contributed by atoms with Crippen molar-refractivity contribution in [2.24, 2.45) is 0 Å². The Balaban J connectivity index is 1.80. The van der Waals surface area contributed by atoms with E-state index >= 15 is 0 Å². The summed E-state index contributed by atoms with van der Waals surface area (Å²) in [7, 11) is 0. The van der Waals surface area contributed by atoms with Gasteiger partial charge in [0.15, 0.2) is 0 Å². The van der Waals surface area contributed by atoms with Crippen LogP contribution in [0.5, 0.6) is 0 Å². The highest BCUT2D eigenvalue weighted by Crippen LogP contribution is 2.28. The van der Waals surface area contributed by atoms with Crippen LogP contribution in [0.15, 0.2) is 0 Å². The van der Waals surface area contributed by atoms with Crippen LogP contribution in [0.25, 0.3) is 0 Å². The summed E-state index contributed by atoms with van der Waals surface area (Å²) in [6, 6.07) is 0.405. The second-order valence-electron chi connectivity index (χ2n) is 5.75. The van der Waals surface area contributed by atoms with Gasteiger partial charge in [-0.05, 0) is 50.1 Å². The molecule has 0 amide bonds. The number of hydrogen-bond donors (Lipinski definition) is 1. The van der Waals surface area contributed by atoms with Crippen LogP contribution in [0, 0.1) is 0 Å². The molecule has 0 bridgehead atoms. The van der Waals surface area contributed by atoms with E-state index in [1.165, 1.54) is 12.8 Å². The summed E-state index contributed by atoms with van der Waals surface area (Å²) < 4.78 is 0. The quantitative estimate of drug-likeness (QED) is 0.895. The second kappa shape index (κ2) is 6.75. The molecule has 21 heavy (non-hydrogen) atoms. The van der Waals surface area contributed by atoms with E-state index in [9.17, 15) is 0 Å². The molecule has 7 heteroatoms. The Morgan fingerprint density at radius 2 is 1.81 bits per heavy atom. The number of rotatable bonds is 5. The van der Waals surface area contributed by atoms with Crippen LogP contribution in [-0.4, -0.2) is 52.3 Å². The summed E-state index contributed by atoms with van der Waals surface area (Å²) in [5.41, 5.74) is 0. The SMILES string of the molecule is OCCCC1CCCN1c1nc(Cl)nc(N2CCCC2)n1. The van der Waals surface area contributed by atoms with Gasteiger partial charge in [0, 0.05) is 32.3 Å². The van der Waals surface area contributed by atoms with Gasteiger partial charge in [-0.15, -0.1) is 0 Å². The van der Waals surface area contributed by atoms with Crippen molar-refractivity contribution >= 4 is 23.5 Å². The minimum atomic E-state index is 0.237. The van der Waals surface area contributed by atoms with Gasteiger partial charge in [-0.1, -0.05) is 0 Å². The lowest BCUT2D eigenvalue weighted by molar-refractivity contribution is 0.279. The van der Waals surface area contributed by atoms with Crippen molar-refractivity contribution in [3.63, 3.8) is 0 Å². The fourth-order valence-electron chi connectivity index (χ4n) is 3.24. The maximum absolute atomic E-state index is 9.03. The highest BCUT2D eigenvalue weighted by molar-refractivity contribution is 6.28. The Hall–Kier alpha value is -1.14. The van der Waals surface area contributed by atoms with E-state index in [1.807, 2.05) is 0 Å². The number of aliphatic hydroxyl groups is 1. The molecule has 1 aromatic heterocycles. The monoisotopic (exact) mass is 311 g/mol. The van der Waals surface area contributed by atoms with Crippen molar-refractivity contribution in [2.75, 3.05) is 36.0 Å². The normalized spacial score (nSPS) is 22.3. The molecule has 116 valence electrons. The van der Waals surface area contributed by atoms with E-state index in [2.05, 4.69) is 24.8 Å². The first kappa shape index (κ1) is 14.8. The first-order valence-electron chi connectivity index (χ1n) is 7.82. The van der Waals surface area contributed by atoms with Gasteiger partial charge in [0.25, 0.3) is 0 Å². The smallest absolute Gasteiger partial charge is 0.231 e. The molecule has 6 nitrogen and oxygen atoms in total. The minimum absolute atomic E-state index is 0.237. The molecular formula is C14H22ClN5O. The summed E-state index contributed by atoms with van der Waals surface area (Å²) in [4.78, 5) is 17.6. The van der Waals surface area contributed by atoms with Crippen molar-refractivity contribution in [3.8, 4) is 0 Å². The van der Waals surface area contributed by atoms with E-state index < -0.39 is 0 Å². The first-order chi connectivity index (χ1) is 10.3. The number of aromatic nitrogens is 3. The Morgan fingerprint density at radius 3 is 2.57 bits per heavy atom. The second-order valence-corrected chi connectivity index (χ2v) is 6.09. The maximum Gasteiger partial charge on any atom is 0.231 e. The number of aliphatic hydroxyl groups excluding tert-OH is 1. The lowest BCUT2D eigenvalue weighted by Crippen LogP contribution is -2.32. The Morgan fingerprint density at radius 1 is 1.05 bits per heavy atom. The standard InChI is InChI=1S/C14H22ClN5O/c15-12-16-13(19-7-1-2-8-19)18-14(17-12)20-9-3-5-11(20)6-4-10-21/h11,21H,1-10H2. The molecule has 2 aliphatic heterocycles. The third-order valence-corrected chi connectivity index (χ3v) is 4.47. The van der Waals surface area contributed by atoms with Gasteiger partial charge in [-0.2, -0.15) is 15.0 Å². The van der Waals surface area contributed by atoms with Gasteiger partial charge in [-0.25, -0.2) is 0 Å². The number of nitrogens with zero attached hydrogens (tertiary/aromatic N) is 5. The molecule has 1 N–H and O–H groups in total. The molecule has 0 aliphatic carbocycles. The summed E-state index contributed by atoms with van der Waals surface area (Å²) in [6.45, 7) is 3.18. The fourth-order valence-corrected chi connectivity index (χ4v) is 3.39. The van der Waals surface area contributed by atoms with Crippen LogP contribution in [0.3, 0.4) is 0 Å². The molecule has 0 radical (unpaired) electrons. The number of halogens is 1. The molecule has 2 saturated heterocycles. The lowest BCUT2D eigenvalue weighted by Gasteiger charge is -2.25. The van der Waals surface area contributed by atoms with Gasteiger partial charge >= 0.3 is 0 Å². The molecule has 1 atom stereocenters. The molecule has 1 aromatic rings. The van der Waals surface area contributed by atoms with Crippen molar-refractivity contribution < 1.29 is 5.11 Å². The van der Waals surface area contributed by atoms with Gasteiger partial charge in [-0.3, -0.25) is 0 Å². The molecule has 0 aromatic carbocycles. The molecule has 2 fully saturated rings. The zero-order valence-electron chi connectivity index (χ0n) is 12.2. The van der Waals surface area contributed by atoms with Gasteiger partial charge in [0.1, 0.15) is 0 Å². The molecule has 3 rings (SSSR count). The molecule has 0 saturated carbocycles. The largest absolute Gasteiger partial charge is 0.396 e. The number of anilines is 2. The average molecular weight is 312 g/mol. The van der Waals surface area contributed by atoms with Crippen LogP contribution >= 0.6 is 11.6 Å². The Kier molecular flexibility index (Phi) is 4.75. The van der Waals surface area contributed by atoms with Gasteiger partial charge in [0.05, 0.1) is 0 Å². The van der Waals surface area contributed by atoms with Crippen molar-refractivity contribution in [1.82, 2.24) is 15.0 Å². The van der Waals surface area contributed by atoms with Crippen molar-refractivity contribution in [2.45, 2.75) is 44.6 Å². The maximum atomic E-state index is 9.03. The minimum Gasteiger partial charge on any atom is -0.396 e. The first-order valence-corrected chi connectivity index (χ1v) is 8.20. The zero-order valence-corrected chi connectivity index (χ0v) is 13.0. The Labute approximate surface area is 130 Å². The van der Waals surface area contributed by atoms with E-state index in [4.69, 9.17) is 16.7 Å².